The van der Waals surface area contributed by atoms with Crippen LogP contribution < -0.4 is 14.5 Å². The number of carboxylic acid groups (broad SMARTS) is 1. The molecule has 1 saturated heterocycles. The van der Waals surface area contributed by atoms with Gasteiger partial charge < -0.3 is 24.4 Å². The van der Waals surface area contributed by atoms with E-state index in [2.05, 4.69) is 0 Å². The summed E-state index contributed by atoms with van der Waals surface area (Å²) >= 11 is 6.23. The highest BCUT2D eigenvalue weighted by molar-refractivity contribution is 6.30. The lowest BCUT2D eigenvalue weighted by Crippen LogP contribution is -2.37. The number of halogens is 2. The Morgan fingerprint density at radius 3 is 2.53 bits per heavy atom. The number of hydrogen-bond acceptors (Lipinski definition) is 5. The van der Waals surface area contributed by atoms with Gasteiger partial charge in [-0.05, 0) is 42.5 Å². The molecular weight excluding hydrogens is 487 g/mol. The third kappa shape index (κ3) is 5.95. The van der Waals surface area contributed by atoms with Crippen LogP contribution >= 0.6 is 11.6 Å². The van der Waals surface area contributed by atoms with Gasteiger partial charge in [-0.3, -0.25) is 4.79 Å². The van der Waals surface area contributed by atoms with Crippen LogP contribution in [0.3, 0.4) is 0 Å². The lowest BCUT2D eigenvalue weighted by Gasteiger charge is -2.31. The highest BCUT2D eigenvalue weighted by Gasteiger charge is 2.22. The molecule has 0 spiro atoms. The Kier molecular flexibility index (Phi) is 8.07. The van der Waals surface area contributed by atoms with E-state index in [0.717, 1.165) is 0 Å². The molecule has 0 radical (unpaired) electrons. The highest BCUT2D eigenvalue weighted by atomic mass is 35.5. The molecule has 1 N–H and O–H groups in total. The number of carbonyl (C=O) groups excluding carboxylic acids is 1. The zero-order valence-electron chi connectivity index (χ0n) is 19.7. The number of carbonyl (C=O) groups is 2. The van der Waals surface area contributed by atoms with Crippen LogP contribution in [-0.4, -0.2) is 43.3 Å². The van der Waals surface area contributed by atoms with E-state index in [1.807, 2.05) is 4.90 Å². The number of morpholine rings is 1. The second-order valence-corrected chi connectivity index (χ2v) is 8.78. The Hall–Kier alpha value is -3.62. The summed E-state index contributed by atoms with van der Waals surface area (Å²) in [4.78, 5) is 28.2. The molecule has 1 aliphatic heterocycles. The van der Waals surface area contributed by atoms with E-state index in [4.69, 9.17) is 21.1 Å². The summed E-state index contributed by atoms with van der Waals surface area (Å²) in [6, 6.07) is 16.3. The van der Waals surface area contributed by atoms with E-state index in [1.165, 1.54) is 24.0 Å². The molecule has 36 heavy (non-hydrogen) atoms. The minimum atomic E-state index is -1.08. The molecule has 1 aliphatic rings. The molecule has 0 aromatic heterocycles. The Morgan fingerprint density at radius 2 is 1.83 bits per heavy atom. The molecule has 188 valence electrons. The van der Waals surface area contributed by atoms with Crippen LogP contribution in [0.4, 0.5) is 15.8 Å². The molecule has 0 saturated carbocycles. The zero-order valence-corrected chi connectivity index (χ0v) is 20.5. The SMILES string of the molecule is CC(=O)N(Cc1cc(Cl)ccc1OCc1ccccc1F)c1ccc(N2CCOCC2)c(C(=O)O)c1. The maximum Gasteiger partial charge on any atom is 0.337 e. The van der Waals surface area contributed by atoms with Crippen LogP contribution in [0.25, 0.3) is 0 Å². The van der Waals surface area contributed by atoms with Gasteiger partial charge >= 0.3 is 5.97 Å². The van der Waals surface area contributed by atoms with Crippen LogP contribution in [0.15, 0.2) is 60.7 Å². The van der Waals surface area contributed by atoms with Gasteiger partial charge in [0.05, 0.1) is 31.0 Å². The molecule has 3 aromatic rings. The molecule has 0 bridgehead atoms. The molecule has 1 fully saturated rings. The standard InChI is InChI=1S/C27H26ClFN2O5/c1-18(32)31(22-7-8-25(23(15-22)27(33)34)30-10-12-35-13-11-30)16-20-14-21(28)6-9-26(20)36-17-19-4-2-3-5-24(19)29/h2-9,14-15H,10-13,16-17H2,1H3,(H,33,34). The number of nitrogens with zero attached hydrogens (tertiary/aromatic N) is 2. The van der Waals surface area contributed by atoms with Crippen molar-refractivity contribution in [1.82, 2.24) is 0 Å². The van der Waals surface area contributed by atoms with Crippen molar-refractivity contribution < 1.29 is 28.6 Å². The third-order valence-corrected chi connectivity index (χ3v) is 6.18. The van der Waals surface area contributed by atoms with Crippen LogP contribution in [0.2, 0.25) is 5.02 Å². The predicted molar refractivity (Wildman–Crippen MR) is 135 cm³/mol. The summed E-state index contributed by atoms with van der Waals surface area (Å²) < 4.78 is 25.3. The molecule has 4 rings (SSSR count). The first-order valence-corrected chi connectivity index (χ1v) is 11.8. The van der Waals surface area contributed by atoms with Crippen LogP contribution in [-0.2, 0) is 22.7 Å². The van der Waals surface area contributed by atoms with Gasteiger partial charge in [-0.2, -0.15) is 0 Å². The van der Waals surface area contributed by atoms with Crippen molar-refractivity contribution >= 4 is 34.9 Å². The van der Waals surface area contributed by atoms with Gasteiger partial charge in [-0.1, -0.05) is 29.8 Å². The summed E-state index contributed by atoms with van der Waals surface area (Å²) in [5.74, 6) is -1.30. The van der Waals surface area contributed by atoms with Crippen molar-refractivity contribution in [2.24, 2.45) is 0 Å². The van der Waals surface area contributed by atoms with E-state index in [-0.39, 0.29) is 30.4 Å². The van der Waals surface area contributed by atoms with Crippen molar-refractivity contribution in [3.8, 4) is 5.75 Å². The van der Waals surface area contributed by atoms with E-state index < -0.39 is 5.97 Å². The maximum absolute atomic E-state index is 14.1. The minimum Gasteiger partial charge on any atom is -0.488 e. The monoisotopic (exact) mass is 512 g/mol. The van der Waals surface area contributed by atoms with E-state index in [0.29, 0.717) is 59.6 Å². The number of hydrogen-bond donors (Lipinski definition) is 1. The number of rotatable bonds is 8. The van der Waals surface area contributed by atoms with Crippen molar-refractivity contribution in [2.45, 2.75) is 20.1 Å². The largest absolute Gasteiger partial charge is 0.488 e. The number of carboxylic acids is 1. The summed E-state index contributed by atoms with van der Waals surface area (Å²) in [5.41, 5.74) is 2.10. The molecular formula is C27H26ClFN2O5. The molecule has 9 heteroatoms. The van der Waals surface area contributed by atoms with Crippen LogP contribution in [0, 0.1) is 5.82 Å². The predicted octanol–water partition coefficient (Wildman–Crippen LogP) is 5.15. The van der Waals surface area contributed by atoms with Crippen molar-refractivity contribution in [3.05, 3.63) is 88.2 Å². The van der Waals surface area contributed by atoms with Crippen molar-refractivity contribution in [3.63, 3.8) is 0 Å². The van der Waals surface area contributed by atoms with Gasteiger partial charge in [0.25, 0.3) is 0 Å². The average Bonchev–Trinajstić information content (AvgIpc) is 2.87. The van der Waals surface area contributed by atoms with Crippen LogP contribution in [0.5, 0.6) is 5.75 Å². The Labute approximate surface area is 213 Å². The van der Waals surface area contributed by atoms with E-state index in [1.54, 1.807) is 48.5 Å². The number of aromatic carboxylic acids is 1. The summed E-state index contributed by atoms with van der Waals surface area (Å²) in [6.07, 6.45) is 0. The normalized spacial score (nSPS) is 13.4. The number of ether oxygens (including phenoxy) is 2. The molecule has 3 aromatic carbocycles. The molecule has 1 amide bonds. The fourth-order valence-electron chi connectivity index (χ4n) is 4.08. The lowest BCUT2D eigenvalue weighted by molar-refractivity contribution is -0.116. The van der Waals surface area contributed by atoms with Crippen LogP contribution in [0.1, 0.15) is 28.4 Å². The van der Waals surface area contributed by atoms with Gasteiger partial charge in [-0.25, -0.2) is 9.18 Å². The highest BCUT2D eigenvalue weighted by Crippen LogP contribution is 2.31. The first-order chi connectivity index (χ1) is 17.3. The smallest absolute Gasteiger partial charge is 0.337 e. The third-order valence-electron chi connectivity index (χ3n) is 5.95. The maximum atomic E-state index is 14.1. The van der Waals surface area contributed by atoms with E-state index in [9.17, 15) is 19.1 Å². The number of benzene rings is 3. The summed E-state index contributed by atoms with van der Waals surface area (Å²) in [5, 5.41) is 10.3. The van der Waals surface area contributed by atoms with Gasteiger partial charge in [-0.15, -0.1) is 0 Å². The lowest BCUT2D eigenvalue weighted by atomic mass is 10.1. The van der Waals surface area contributed by atoms with Crippen molar-refractivity contribution in [1.29, 1.82) is 0 Å². The fraction of sp³-hybridized carbons (Fsp3) is 0.259. The number of amides is 1. The molecule has 0 atom stereocenters. The van der Waals surface area contributed by atoms with Gasteiger partial charge in [0.15, 0.2) is 0 Å². The number of anilines is 2. The fourth-order valence-corrected chi connectivity index (χ4v) is 4.28. The Bertz CT molecular complexity index is 1260. The van der Waals surface area contributed by atoms with E-state index >= 15 is 0 Å². The summed E-state index contributed by atoms with van der Waals surface area (Å²) in [6.45, 7) is 3.69. The van der Waals surface area contributed by atoms with Gasteiger partial charge in [0.2, 0.25) is 5.91 Å². The average molecular weight is 513 g/mol. The first-order valence-electron chi connectivity index (χ1n) is 11.5. The quantitative estimate of drug-likeness (QED) is 0.450. The van der Waals surface area contributed by atoms with Crippen molar-refractivity contribution in [2.75, 3.05) is 36.1 Å². The zero-order chi connectivity index (χ0) is 25.7. The molecule has 1 heterocycles. The summed E-state index contributed by atoms with van der Waals surface area (Å²) in [7, 11) is 0. The first kappa shape index (κ1) is 25.5. The second kappa shape index (κ2) is 11.4. The van der Waals surface area contributed by atoms with Gasteiger partial charge in [0, 0.05) is 41.9 Å². The Morgan fingerprint density at radius 1 is 1.08 bits per heavy atom. The topological polar surface area (TPSA) is 79.3 Å². The minimum absolute atomic E-state index is 0.00120. The van der Waals surface area contributed by atoms with Gasteiger partial charge in [0.1, 0.15) is 18.2 Å². The molecule has 7 nitrogen and oxygen atoms in total. The molecule has 0 aliphatic carbocycles. The second-order valence-electron chi connectivity index (χ2n) is 8.34. The molecule has 0 unspecified atom stereocenters. The Balaban J connectivity index is 1.62.